The number of pyridine rings is 1. The molecule has 3 aromatic heterocycles. The van der Waals surface area contributed by atoms with E-state index in [1.54, 1.807) is 59.3 Å². The second-order valence-electron chi connectivity index (χ2n) is 9.27. The summed E-state index contributed by atoms with van der Waals surface area (Å²) in [5.74, 6) is 0.860. The Morgan fingerprint density at radius 3 is 2.69 bits per heavy atom. The van der Waals surface area contributed by atoms with E-state index in [0.717, 1.165) is 0 Å². The zero-order chi connectivity index (χ0) is 26.9. The lowest BCUT2D eigenvalue weighted by Gasteiger charge is -2.35. The molecule has 3 heterocycles. The number of fused-ring (bicyclic) bond motifs is 1. The molecule has 1 fully saturated rings. The first-order valence-electron chi connectivity index (χ1n) is 12.6. The number of nitrogens with one attached hydrogen (secondary N) is 2. The molecular weight excluding hydrogens is 501 g/mol. The van der Waals surface area contributed by atoms with E-state index in [1.165, 1.54) is 12.3 Å². The predicted octanol–water partition coefficient (Wildman–Crippen LogP) is 3.78. The minimum absolute atomic E-state index is 0.0622. The number of H-pyrrole nitrogens is 1. The Morgan fingerprint density at radius 2 is 1.92 bits per heavy atom. The molecule has 196 valence electrons. The third-order valence-electron chi connectivity index (χ3n) is 6.75. The number of aromatic amines is 1. The van der Waals surface area contributed by atoms with Gasteiger partial charge in [-0.25, -0.2) is 14.4 Å². The van der Waals surface area contributed by atoms with Crippen LogP contribution in [0.5, 0.6) is 5.75 Å². The van der Waals surface area contributed by atoms with Crippen molar-refractivity contribution in [3.05, 3.63) is 94.5 Å². The molecule has 2 N–H and O–H groups in total. The molecular formula is C28H24FN7O3. The summed E-state index contributed by atoms with van der Waals surface area (Å²) in [6, 6.07) is 15.0. The van der Waals surface area contributed by atoms with Gasteiger partial charge in [0.05, 0.1) is 41.3 Å². The average molecular weight is 526 g/mol. The zero-order valence-electron chi connectivity index (χ0n) is 21.0. The number of rotatable bonds is 7. The maximum atomic E-state index is 15.0. The SMILES string of the molecule is CCOc1ccc(-c2nnc(C3CC(NC(=O)c4cccc5ncc(=O)[nH]c45)C3)n2-c2ccccc2F)nc1. The Morgan fingerprint density at radius 1 is 1.08 bits per heavy atom. The van der Waals surface area contributed by atoms with Gasteiger partial charge in [0.2, 0.25) is 0 Å². The van der Waals surface area contributed by atoms with Gasteiger partial charge < -0.3 is 15.0 Å². The van der Waals surface area contributed by atoms with Crippen LogP contribution in [0.3, 0.4) is 0 Å². The van der Waals surface area contributed by atoms with E-state index in [-0.39, 0.29) is 23.4 Å². The summed E-state index contributed by atoms with van der Waals surface area (Å²) in [4.78, 5) is 36.1. The van der Waals surface area contributed by atoms with Crippen LogP contribution in [0.25, 0.3) is 28.2 Å². The van der Waals surface area contributed by atoms with Crippen molar-refractivity contribution in [2.24, 2.45) is 0 Å². The van der Waals surface area contributed by atoms with Gasteiger partial charge in [0.15, 0.2) is 5.82 Å². The first-order chi connectivity index (χ1) is 19.0. The minimum Gasteiger partial charge on any atom is -0.492 e. The van der Waals surface area contributed by atoms with Crippen molar-refractivity contribution in [2.45, 2.75) is 31.7 Å². The highest BCUT2D eigenvalue weighted by atomic mass is 19.1. The largest absolute Gasteiger partial charge is 0.492 e. The fourth-order valence-electron chi connectivity index (χ4n) is 4.82. The van der Waals surface area contributed by atoms with Crippen LogP contribution in [0.1, 0.15) is 41.9 Å². The standard InChI is InChI=1S/C28H24FN7O3/c1-2-39-18-10-11-22(30-14-18)27-35-34-26(36(27)23-9-4-3-7-20(23)29)16-12-17(13-16)32-28(38)19-6-5-8-21-25(19)33-24(37)15-31-21/h3-11,14-17H,2,12-13H2,1H3,(H,32,38)(H,33,37). The Hall–Kier alpha value is -4.93. The highest BCUT2D eigenvalue weighted by Gasteiger charge is 2.36. The van der Waals surface area contributed by atoms with Crippen molar-refractivity contribution in [1.29, 1.82) is 0 Å². The van der Waals surface area contributed by atoms with E-state index in [0.29, 0.717) is 64.8 Å². The molecule has 0 bridgehead atoms. The van der Waals surface area contributed by atoms with Crippen molar-refractivity contribution in [1.82, 2.24) is 35.0 Å². The van der Waals surface area contributed by atoms with Crippen molar-refractivity contribution in [3.8, 4) is 23.0 Å². The lowest BCUT2D eigenvalue weighted by atomic mass is 9.79. The van der Waals surface area contributed by atoms with E-state index in [4.69, 9.17) is 4.74 Å². The van der Waals surface area contributed by atoms with Crippen LogP contribution in [-0.4, -0.2) is 48.3 Å². The number of carbonyl (C=O) groups is 1. The molecule has 1 saturated carbocycles. The summed E-state index contributed by atoms with van der Waals surface area (Å²) < 4.78 is 22.1. The molecule has 0 unspecified atom stereocenters. The highest BCUT2D eigenvalue weighted by molar-refractivity contribution is 6.04. The van der Waals surface area contributed by atoms with Crippen LogP contribution >= 0.6 is 0 Å². The van der Waals surface area contributed by atoms with Gasteiger partial charge in [0, 0.05) is 12.0 Å². The second-order valence-corrected chi connectivity index (χ2v) is 9.27. The van der Waals surface area contributed by atoms with Crippen molar-refractivity contribution in [2.75, 3.05) is 6.61 Å². The molecule has 0 aliphatic heterocycles. The van der Waals surface area contributed by atoms with Crippen LogP contribution in [0, 0.1) is 5.82 Å². The predicted molar refractivity (Wildman–Crippen MR) is 141 cm³/mol. The van der Waals surface area contributed by atoms with Gasteiger partial charge >= 0.3 is 0 Å². The van der Waals surface area contributed by atoms with Crippen LogP contribution < -0.4 is 15.6 Å². The number of aromatic nitrogens is 6. The molecule has 11 heteroatoms. The lowest BCUT2D eigenvalue weighted by Crippen LogP contribution is -2.44. The monoisotopic (exact) mass is 525 g/mol. The van der Waals surface area contributed by atoms with Crippen LogP contribution in [0.2, 0.25) is 0 Å². The van der Waals surface area contributed by atoms with Crippen molar-refractivity contribution < 1.29 is 13.9 Å². The smallest absolute Gasteiger partial charge is 0.266 e. The number of hydrogen-bond donors (Lipinski definition) is 2. The number of para-hydroxylation sites is 2. The second kappa shape index (κ2) is 10.1. The molecule has 6 rings (SSSR count). The van der Waals surface area contributed by atoms with Crippen LogP contribution in [0.4, 0.5) is 4.39 Å². The number of ether oxygens (including phenoxy) is 1. The molecule has 1 aliphatic carbocycles. The minimum atomic E-state index is -0.409. The van der Waals surface area contributed by atoms with Gasteiger partial charge in [0.1, 0.15) is 23.1 Å². The first-order valence-corrected chi connectivity index (χ1v) is 12.6. The Balaban J connectivity index is 1.26. The van der Waals surface area contributed by atoms with Gasteiger partial charge in [-0.1, -0.05) is 18.2 Å². The van der Waals surface area contributed by atoms with Gasteiger partial charge in [-0.2, -0.15) is 0 Å². The molecule has 39 heavy (non-hydrogen) atoms. The summed E-state index contributed by atoms with van der Waals surface area (Å²) in [5.41, 5.74) is 1.75. The molecule has 0 saturated heterocycles. The number of hydrogen-bond acceptors (Lipinski definition) is 7. The van der Waals surface area contributed by atoms with Gasteiger partial charge in [-0.3, -0.25) is 14.2 Å². The van der Waals surface area contributed by atoms with Crippen molar-refractivity contribution >= 4 is 16.9 Å². The highest BCUT2D eigenvalue weighted by Crippen LogP contribution is 2.39. The fourth-order valence-corrected chi connectivity index (χ4v) is 4.82. The Bertz CT molecular complexity index is 1730. The van der Waals surface area contributed by atoms with E-state index in [2.05, 4.69) is 30.5 Å². The first kappa shape index (κ1) is 24.4. The summed E-state index contributed by atoms with van der Waals surface area (Å²) in [6.45, 7) is 2.41. The lowest BCUT2D eigenvalue weighted by molar-refractivity contribution is 0.0908. The third kappa shape index (κ3) is 4.63. The summed E-state index contributed by atoms with van der Waals surface area (Å²) >= 11 is 0. The quantitative estimate of drug-likeness (QED) is 0.331. The van der Waals surface area contributed by atoms with E-state index in [1.807, 2.05) is 6.92 Å². The maximum Gasteiger partial charge on any atom is 0.266 e. The maximum absolute atomic E-state index is 15.0. The van der Waals surface area contributed by atoms with E-state index >= 15 is 0 Å². The van der Waals surface area contributed by atoms with Gasteiger partial charge in [0.25, 0.3) is 11.5 Å². The fraction of sp³-hybridized carbons (Fsp3) is 0.214. The number of carbonyl (C=O) groups excluding carboxylic acids is 1. The third-order valence-corrected chi connectivity index (χ3v) is 6.75. The molecule has 0 radical (unpaired) electrons. The molecule has 0 atom stereocenters. The number of benzene rings is 2. The zero-order valence-corrected chi connectivity index (χ0v) is 21.0. The summed E-state index contributed by atoms with van der Waals surface area (Å²) in [5, 5.41) is 11.8. The van der Waals surface area contributed by atoms with Gasteiger partial charge in [-0.15, -0.1) is 10.2 Å². The Kier molecular flexibility index (Phi) is 6.31. The molecule has 2 aromatic carbocycles. The summed E-state index contributed by atoms with van der Waals surface area (Å²) in [6.07, 6.45) is 3.97. The molecule has 1 amide bonds. The molecule has 10 nitrogen and oxygen atoms in total. The molecule has 5 aromatic rings. The molecule has 0 spiro atoms. The number of halogens is 1. The van der Waals surface area contributed by atoms with Crippen molar-refractivity contribution in [3.63, 3.8) is 0 Å². The van der Waals surface area contributed by atoms with Crippen LogP contribution in [-0.2, 0) is 0 Å². The van der Waals surface area contributed by atoms with Crippen LogP contribution in [0.15, 0.2) is 71.8 Å². The normalized spacial score (nSPS) is 16.6. The molecule has 1 aliphatic rings. The number of nitrogens with zero attached hydrogens (tertiary/aromatic N) is 5. The van der Waals surface area contributed by atoms with Gasteiger partial charge in [-0.05, 0) is 56.2 Å². The summed E-state index contributed by atoms with van der Waals surface area (Å²) in [7, 11) is 0. The Labute approximate surface area is 221 Å². The number of amides is 1. The topological polar surface area (TPSA) is 128 Å². The van der Waals surface area contributed by atoms with E-state index in [9.17, 15) is 14.0 Å². The van der Waals surface area contributed by atoms with E-state index < -0.39 is 5.82 Å². The average Bonchev–Trinajstić information content (AvgIpc) is 3.35.